The normalized spacial score (nSPS) is 24.9. The fraction of sp³-hybridized carbons (Fsp3) is 0.600. The first-order valence-corrected chi connectivity index (χ1v) is 9.11. The monoisotopic (exact) mass is 330 g/mol. The van der Waals surface area contributed by atoms with E-state index in [1.165, 1.54) is 12.8 Å². The molecule has 0 aliphatic heterocycles. The summed E-state index contributed by atoms with van der Waals surface area (Å²) in [5.74, 6) is 1.07. The number of carbonyl (C=O) groups excluding carboxylic acids is 2. The van der Waals surface area contributed by atoms with Gasteiger partial charge in [-0.05, 0) is 30.7 Å². The van der Waals surface area contributed by atoms with Crippen molar-refractivity contribution in [2.75, 3.05) is 0 Å². The molecule has 4 atom stereocenters. The third-order valence-electron chi connectivity index (χ3n) is 5.31. The molecule has 1 aliphatic rings. The van der Waals surface area contributed by atoms with E-state index in [2.05, 4.69) is 24.5 Å². The largest absolute Gasteiger partial charge is 0.353 e. The lowest BCUT2D eigenvalue weighted by Gasteiger charge is -2.34. The summed E-state index contributed by atoms with van der Waals surface area (Å²) < 4.78 is 0. The molecule has 4 heteroatoms. The Labute approximate surface area is 145 Å². The zero-order chi connectivity index (χ0) is 17.5. The first-order chi connectivity index (χ1) is 11.5. The van der Waals surface area contributed by atoms with E-state index in [9.17, 15) is 9.59 Å². The topological polar surface area (TPSA) is 58.2 Å². The Morgan fingerprint density at radius 3 is 2.46 bits per heavy atom. The van der Waals surface area contributed by atoms with Gasteiger partial charge in [-0.15, -0.1) is 0 Å². The highest BCUT2D eigenvalue weighted by atomic mass is 16.2. The first kappa shape index (κ1) is 18.5. The number of nitrogens with one attached hydrogen (secondary N) is 2. The number of rotatable bonds is 6. The molecule has 2 rings (SSSR count). The van der Waals surface area contributed by atoms with E-state index < -0.39 is 0 Å². The maximum Gasteiger partial charge on any atom is 0.220 e. The van der Waals surface area contributed by atoms with Crippen molar-refractivity contribution >= 4 is 11.8 Å². The van der Waals surface area contributed by atoms with E-state index in [-0.39, 0.29) is 36.7 Å². The van der Waals surface area contributed by atoms with Crippen LogP contribution in [0.25, 0.3) is 0 Å². The van der Waals surface area contributed by atoms with Crippen LogP contribution in [-0.2, 0) is 9.59 Å². The van der Waals surface area contributed by atoms with Crippen molar-refractivity contribution in [1.82, 2.24) is 10.6 Å². The molecule has 0 heterocycles. The zero-order valence-electron chi connectivity index (χ0n) is 15.0. The van der Waals surface area contributed by atoms with E-state index in [4.69, 9.17) is 0 Å². The van der Waals surface area contributed by atoms with Crippen LogP contribution in [0.4, 0.5) is 0 Å². The molecular formula is C20H30N2O2. The lowest BCUT2D eigenvalue weighted by atomic mass is 9.78. The van der Waals surface area contributed by atoms with Gasteiger partial charge in [0, 0.05) is 18.9 Å². The van der Waals surface area contributed by atoms with E-state index >= 15 is 0 Å². The summed E-state index contributed by atoms with van der Waals surface area (Å²) in [6.07, 6.45) is 3.96. The van der Waals surface area contributed by atoms with E-state index in [0.717, 1.165) is 12.0 Å². The number of hydrogen-bond acceptors (Lipinski definition) is 2. The highest BCUT2D eigenvalue weighted by Crippen LogP contribution is 2.29. The van der Waals surface area contributed by atoms with Crippen LogP contribution in [0, 0.1) is 11.8 Å². The number of benzene rings is 1. The average molecular weight is 330 g/mol. The molecule has 0 aromatic heterocycles. The fourth-order valence-corrected chi connectivity index (χ4v) is 3.43. The Kier molecular flexibility index (Phi) is 6.83. The Morgan fingerprint density at radius 1 is 1.08 bits per heavy atom. The van der Waals surface area contributed by atoms with Crippen LogP contribution in [-0.4, -0.2) is 17.9 Å². The number of hydrogen-bond donors (Lipinski definition) is 2. The Balaban J connectivity index is 1.72. The summed E-state index contributed by atoms with van der Waals surface area (Å²) in [7, 11) is 0. The van der Waals surface area contributed by atoms with Crippen LogP contribution in [0.5, 0.6) is 0 Å². The quantitative estimate of drug-likeness (QED) is 0.837. The summed E-state index contributed by atoms with van der Waals surface area (Å²) in [6.45, 7) is 6.42. The van der Waals surface area contributed by atoms with Gasteiger partial charge in [-0.1, -0.05) is 57.0 Å². The Morgan fingerprint density at radius 2 is 1.75 bits per heavy atom. The molecule has 0 unspecified atom stereocenters. The lowest BCUT2D eigenvalue weighted by molar-refractivity contribution is -0.127. The zero-order valence-corrected chi connectivity index (χ0v) is 15.0. The van der Waals surface area contributed by atoms with E-state index in [1.54, 1.807) is 0 Å². The number of amides is 2. The van der Waals surface area contributed by atoms with Crippen molar-refractivity contribution in [2.24, 2.45) is 11.8 Å². The average Bonchev–Trinajstić information content (AvgIpc) is 2.58. The van der Waals surface area contributed by atoms with Crippen molar-refractivity contribution in [2.45, 2.75) is 65.0 Å². The SMILES string of the molecule is C[C@H]1[C@H](C)CCC[C@H]1NC(=O)CCC(=O)N[C@@H](C)c1ccccc1. The summed E-state index contributed by atoms with van der Waals surface area (Å²) in [5, 5.41) is 6.07. The summed E-state index contributed by atoms with van der Waals surface area (Å²) in [6, 6.07) is 10.1. The van der Waals surface area contributed by atoms with Crippen molar-refractivity contribution in [1.29, 1.82) is 0 Å². The second kappa shape index (κ2) is 8.86. The van der Waals surface area contributed by atoms with Gasteiger partial charge in [0.15, 0.2) is 0 Å². The second-order valence-corrected chi connectivity index (χ2v) is 7.14. The van der Waals surface area contributed by atoms with Crippen molar-refractivity contribution in [3.05, 3.63) is 35.9 Å². The molecule has 1 aromatic rings. The molecule has 0 spiro atoms. The van der Waals surface area contributed by atoms with Gasteiger partial charge in [0.2, 0.25) is 11.8 Å². The predicted molar refractivity (Wildman–Crippen MR) is 96.3 cm³/mol. The molecule has 4 nitrogen and oxygen atoms in total. The third-order valence-corrected chi connectivity index (χ3v) is 5.31. The molecule has 0 saturated heterocycles. The van der Waals surface area contributed by atoms with Gasteiger partial charge >= 0.3 is 0 Å². The number of carbonyl (C=O) groups is 2. The van der Waals surface area contributed by atoms with E-state index in [1.807, 2.05) is 37.3 Å². The minimum absolute atomic E-state index is 0.0107. The third kappa shape index (κ3) is 5.36. The highest BCUT2D eigenvalue weighted by molar-refractivity contribution is 5.84. The standard InChI is InChI=1S/C20H30N2O2/c1-14-8-7-11-18(15(14)2)22-20(24)13-12-19(23)21-16(3)17-9-5-4-6-10-17/h4-6,9-10,14-16,18H,7-8,11-13H2,1-3H3,(H,21,23)(H,22,24)/t14-,15+,16+,18-/m1/s1. The van der Waals surface area contributed by atoms with Gasteiger partial charge < -0.3 is 10.6 Å². The van der Waals surface area contributed by atoms with Crippen LogP contribution < -0.4 is 10.6 Å². The van der Waals surface area contributed by atoms with Crippen molar-refractivity contribution in [3.8, 4) is 0 Å². The molecule has 24 heavy (non-hydrogen) atoms. The van der Waals surface area contributed by atoms with Crippen LogP contribution in [0.15, 0.2) is 30.3 Å². The molecule has 1 saturated carbocycles. The Hall–Kier alpha value is -1.84. The van der Waals surface area contributed by atoms with Gasteiger partial charge in [-0.3, -0.25) is 9.59 Å². The van der Waals surface area contributed by atoms with Crippen LogP contribution in [0.2, 0.25) is 0 Å². The molecule has 0 bridgehead atoms. The smallest absolute Gasteiger partial charge is 0.220 e. The van der Waals surface area contributed by atoms with Gasteiger partial charge in [0.25, 0.3) is 0 Å². The van der Waals surface area contributed by atoms with Crippen LogP contribution in [0.3, 0.4) is 0 Å². The summed E-state index contributed by atoms with van der Waals surface area (Å²) >= 11 is 0. The maximum atomic E-state index is 12.1. The van der Waals surface area contributed by atoms with Gasteiger partial charge in [-0.2, -0.15) is 0 Å². The van der Waals surface area contributed by atoms with Gasteiger partial charge in [0.1, 0.15) is 0 Å². The highest BCUT2D eigenvalue weighted by Gasteiger charge is 2.28. The lowest BCUT2D eigenvalue weighted by Crippen LogP contribution is -2.44. The molecule has 2 N–H and O–H groups in total. The Bertz CT molecular complexity index is 544. The van der Waals surface area contributed by atoms with Crippen molar-refractivity contribution in [3.63, 3.8) is 0 Å². The second-order valence-electron chi connectivity index (χ2n) is 7.14. The molecular weight excluding hydrogens is 300 g/mol. The van der Waals surface area contributed by atoms with Gasteiger partial charge in [-0.25, -0.2) is 0 Å². The first-order valence-electron chi connectivity index (χ1n) is 9.11. The van der Waals surface area contributed by atoms with Crippen LogP contribution >= 0.6 is 0 Å². The van der Waals surface area contributed by atoms with Crippen LogP contribution in [0.1, 0.15) is 64.5 Å². The van der Waals surface area contributed by atoms with Crippen molar-refractivity contribution < 1.29 is 9.59 Å². The van der Waals surface area contributed by atoms with E-state index in [0.29, 0.717) is 11.8 Å². The molecule has 1 aliphatic carbocycles. The molecule has 1 aromatic carbocycles. The molecule has 0 radical (unpaired) electrons. The molecule has 132 valence electrons. The molecule has 1 fully saturated rings. The fourth-order valence-electron chi connectivity index (χ4n) is 3.43. The summed E-state index contributed by atoms with van der Waals surface area (Å²) in [5.41, 5.74) is 1.07. The summed E-state index contributed by atoms with van der Waals surface area (Å²) in [4.78, 5) is 24.2. The van der Waals surface area contributed by atoms with Gasteiger partial charge in [0.05, 0.1) is 6.04 Å². The minimum atomic E-state index is -0.0773. The maximum absolute atomic E-state index is 12.1. The predicted octanol–water partition coefficient (Wildman–Crippen LogP) is 3.58. The molecule has 2 amide bonds. The minimum Gasteiger partial charge on any atom is -0.353 e.